The van der Waals surface area contributed by atoms with Gasteiger partial charge in [-0.3, -0.25) is 14.6 Å². The standard InChI is InChI=1S/C12H14N2O3/c1-14-10(15)3-2-9(12(16)17)11(14)8-4-6-13-7-5-8/h4-7,9,11H,2-3H2,1H3,(H,16,17). The van der Waals surface area contributed by atoms with Gasteiger partial charge in [-0.05, 0) is 24.1 Å². The van der Waals surface area contributed by atoms with Crippen LogP contribution in [0.3, 0.4) is 0 Å². The number of aromatic nitrogens is 1. The smallest absolute Gasteiger partial charge is 0.308 e. The number of amides is 1. The van der Waals surface area contributed by atoms with Gasteiger partial charge < -0.3 is 10.0 Å². The molecule has 5 nitrogen and oxygen atoms in total. The van der Waals surface area contributed by atoms with Crippen LogP contribution in [0.5, 0.6) is 0 Å². The summed E-state index contributed by atoms with van der Waals surface area (Å²) < 4.78 is 0. The Labute approximate surface area is 99.1 Å². The molecule has 0 aromatic carbocycles. The third-order valence-corrected chi connectivity index (χ3v) is 3.23. The molecule has 1 aromatic rings. The van der Waals surface area contributed by atoms with Gasteiger partial charge in [0.2, 0.25) is 5.91 Å². The van der Waals surface area contributed by atoms with E-state index in [4.69, 9.17) is 0 Å². The Morgan fingerprint density at radius 3 is 2.71 bits per heavy atom. The van der Waals surface area contributed by atoms with Crippen molar-refractivity contribution in [3.05, 3.63) is 30.1 Å². The van der Waals surface area contributed by atoms with Crippen molar-refractivity contribution in [1.82, 2.24) is 9.88 Å². The first-order valence-electron chi connectivity index (χ1n) is 5.49. The molecule has 2 rings (SSSR count). The lowest BCUT2D eigenvalue weighted by molar-refractivity contribution is -0.150. The number of aliphatic carboxylic acids is 1. The fourth-order valence-electron chi connectivity index (χ4n) is 2.31. The van der Waals surface area contributed by atoms with E-state index in [1.807, 2.05) is 0 Å². The summed E-state index contributed by atoms with van der Waals surface area (Å²) in [6, 6.07) is 3.13. The predicted octanol–water partition coefficient (Wildman–Crippen LogP) is 1.08. The summed E-state index contributed by atoms with van der Waals surface area (Å²) in [6.07, 6.45) is 3.92. The second-order valence-electron chi connectivity index (χ2n) is 4.21. The average molecular weight is 234 g/mol. The minimum Gasteiger partial charge on any atom is -0.481 e. The normalized spacial score (nSPS) is 24.8. The van der Waals surface area contributed by atoms with Gasteiger partial charge in [0.05, 0.1) is 12.0 Å². The van der Waals surface area contributed by atoms with Crippen molar-refractivity contribution in [3.63, 3.8) is 0 Å². The van der Waals surface area contributed by atoms with Crippen LogP contribution in [0.25, 0.3) is 0 Å². The molecule has 1 saturated heterocycles. The van der Waals surface area contributed by atoms with Gasteiger partial charge in [-0.2, -0.15) is 0 Å². The Morgan fingerprint density at radius 1 is 1.47 bits per heavy atom. The molecule has 0 saturated carbocycles. The topological polar surface area (TPSA) is 70.5 Å². The zero-order chi connectivity index (χ0) is 12.4. The summed E-state index contributed by atoms with van der Waals surface area (Å²) in [5.41, 5.74) is 0.822. The zero-order valence-corrected chi connectivity index (χ0v) is 9.54. The van der Waals surface area contributed by atoms with Crippen molar-refractivity contribution < 1.29 is 14.7 Å². The number of hydrogen-bond acceptors (Lipinski definition) is 3. The summed E-state index contributed by atoms with van der Waals surface area (Å²) in [4.78, 5) is 28.3. The molecule has 1 N–H and O–H groups in total. The Kier molecular flexibility index (Phi) is 3.08. The first kappa shape index (κ1) is 11.6. The van der Waals surface area contributed by atoms with Crippen molar-refractivity contribution >= 4 is 11.9 Å². The number of piperidine rings is 1. The van der Waals surface area contributed by atoms with Crippen LogP contribution in [0.4, 0.5) is 0 Å². The maximum atomic E-state index is 11.7. The Hall–Kier alpha value is -1.91. The summed E-state index contributed by atoms with van der Waals surface area (Å²) in [6.45, 7) is 0. The molecule has 2 heterocycles. The van der Waals surface area contributed by atoms with Crippen LogP contribution in [0.15, 0.2) is 24.5 Å². The van der Waals surface area contributed by atoms with Gasteiger partial charge in [0.25, 0.3) is 0 Å². The highest BCUT2D eigenvalue weighted by Crippen LogP contribution is 2.35. The molecule has 1 fully saturated rings. The van der Waals surface area contributed by atoms with E-state index in [1.54, 1.807) is 31.6 Å². The van der Waals surface area contributed by atoms with E-state index in [9.17, 15) is 14.7 Å². The first-order chi connectivity index (χ1) is 8.11. The lowest BCUT2D eigenvalue weighted by Gasteiger charge is -2.37. The van der Waals surface area contributed by atoms with Crippen LogP contribution in [0, 0.1) is 5.92 Å². The molecule has 1 aliphatic heterocycles. The largest absolute Gasteiger partial charge is 0.481 e. The van der Waals surface area contributed by atoms with Crippen molar-refractivity contribution in [2.45, 2.75) is 18.9 Å². The molecule has 1 aliphatic rings. The summed E-state index contributed by atoms with van der Waals surface area (Å²) in [5, 5.41) is 9.22. The first-order valence-corrected chi connectivity index (χ1v) is 5.49. The third-order valence-electron chi connectivity index (χ3n) is 3.23. The van der Waals surface area contributed by atoms with Gasteiger partial charge >= 0.3 is 5.97 Å². The number of carboxylic acids is 1. The van der Waals surface area contributed by atoms with Crippen molar-refractivity contribution in [3.8, 4) is 0 Å². The Balaban J connectivity index is 2.37. The van der Waals surface area contributed by atoms with E-state index in [1.165, 1.54) is 4.90 Å². The van der Waals surface area contributed by atoms with E-state index in [0.717, 1.165) is 5.56 Å². The molecule has 0 spiro atoms. The van der Waals surface area contributed by atoms with Crippen LogP contribution in [0.1, 0.15) is 24.4 Å². The minimum absolute atomic E-state index is 0.00990. The molecule has 5 heteroatoms. The highest BCUT2D eigenvalue weighted by molar-refractivity contribution is 5.81. The number of carbonyl (C=O) groups is 2. The van der Waals surface area contributed by atoms with Gasteiger partial charge in [0.15, 0.2) is 0 Å². The number of pyridine rings is 1. The van der Waals surface area contributed by atoms with Crippen LogP contribution >= 0.6 is 0 Å². The van der Waals surface area contributed by atoms with Crippen molar-refractivity contribution in [2.24, 2.45) is 5.92 Å². The van der Waals surface area contributed by atoms with Crippen LogP contribution in [0.2, 0.25) is 0 Å². The predicted molar refractivity (Wildman–Crippen MR) is 60.1 cm³/mol. The summed E-state index contributed by atoms with van der Waals surface area (Å²) in [5.74, 6) is -1.41. The van der Waals surface area contributed by atoms with Gasteiger partial charge in [-0.1, -0.05) is 0 Å². The lowest BCUT2D eigenvalue weighted by Crippen LogP contribution is -2.42. The number of likely N-dealkylation sites (tertiary alicyclic amines) is 1. The average Bonchev–Trinajstić information content (AvgIpc) is 2.33. The molecule has 1 amide bonds. The number of nitrogens with zero attached hydrogens (tertiary/aromatic N) is 2. The second-order valence-corrected chi connectivity index (χ2v) is 4.21. The third kappa shape index (κ3) is 2.13. The number of carbonyl (C=O) groups excluding carboxylic acids is 1. The molecule has 2 unspecified atom stereocenters. The lowest BCUT2D eigenvalue weighted by atomic mass is 9.85. The van der Waals surface area contributed by atoms with Crippen LogP contribution in [-0.2, 0) is 9.59 Å². The fourth-order valence-corrected chi connectivity index (χ4v) is 2.31. The highest BCUT2D eigenvalue weighted by Gasteiger charge is 2.38. The van der Waals surface area contributed by atoms with E-state index in [-0.39, 0.29) is 5.91 Å². The molecule has 0 aliphatic carbocycles. The maximum absolute atomic E-state index is 11.7. The van der Waals surface area contributed by atoms with Crippen molar-refractivity contribution in [2.75, 3.05) is 7.05 Å². The molecular formula is C12H14N2O3. The molecular weight excluding hydrogens is 220 g/mol. The maximum Gasteiger partial charge on any atom is 0.308 e. The number of carboxylic acid groups (broad SMARTS) is 1. The van der Waals surface area contributed by atoms with Crippen molar-refractivity contribution in [1.29, 1.82) is 0 Å². The Morgan fingerprint density at radius 2 is 2.12 bits per heavy atom. The summed E-state index contributed by atoms with van der Waals surface area (Å²) >= 11 is 0. The van der Waals surface area contributed by atoms with E-state index in [0.29, 0.717) is 12.8 Å². The molecule has 90 valence electrons. The minimum atomic E-state index is -0.855. The quantitative estimate of drug-likeness (QED) is 0.831. The Bertz CT molecular complexity index is 433. The van der Waals surface area contributed by atoms with Gasteiger partial charge in [-0.25, -0.2) is 0 Å². The monoisotopic (exact) mass is 234 g/mol. The molecule has 0 bridgehead atoms. The van der Waals surface area contributed by atoms with Gasteiger partial charge in [-0.15, -0.1) is 0 Å². The fraction of sp³-hybridized carbons (Fsp3) is 0.417. The number of rotatable bonds is 2. The van der Waals surface area contributed by atoms with Crippen LogP contribution < -0.4 is 0 Å². The molecule has 0 radical (unpaired) electrons. The second kappa shape index (κ2) is 4.53. The summed E-state index contributed by atoms with van der Waals surface area (Å²) in [7, 11) is 1.66. The van der Waals surface area contributed by atoms with Gasteiger partial charge in [0, 0.05) is 25.9 Å². The highest BCUT2D eigenvalue weighted by atomic mass is 16.4. The molecule has 2 atom stereocenters. The van der Waals surface area contributed by atoms with E-state index < -0.39 is 17.9 Å². The zero-order valence-electron chi connectivity index (χ0n) is 9.54. The van der Waals surface area contributed by atoms with Gasteiger partial charge in [0.1, 0.15) is 0 Å². The molecule has 1 aromatic heterocycles. The SMILES string of the molecule is CN1C(=O)CCC(C(=O)O)C1c1ccncc1. The van der Waals surface area contributed by atoms with Crippen LogP contribution in [-0.4, -0.2) is 33.9 Å². The van der Waals surface area contributed by atoms with E-state index in [2.05, 4.69) is 4.98 Å². The van der Waals surface area contributed by atoms with E-state index >= 15 is 0 Å². The number of hydrogen-bond donors (Lipinski definition) is 1. The molecule has 17 heavy (non-hydrogen) atoms.